The Kier molecular flexibility index (Phi) is 3.27. The Labute approximate surface area is 79.9 Å². The zero-order chi connectivity index (χ0) is 10.0. The van der Waals surface area contributed by atoms with Crippen LogP contribution in [0.1, 0.15) is 13.8 Å². The minimum Gasteiger partial charge on any atom is -0.325 e. The first-order valence-electron chi connectivity index (χ1n) is 4.71. The van der Waals surface area contributed by atoms with Crippen molar-refractivity contribution in [1.29, 1.82) is 0 Å². The van der Waals surface area contributed by atoms with Crippen molar-refractivity contribution < 1.29 is 4.79 Å². The van der Waals surface area contributed by atoms with Gasteiger partial charge in [0.05, 0.1) is 12.7 Å². The second-order valence-electron chi connectivity index (χ2n) is 4.00. The lowest BCUT2D eigenvalue weighted by molar-refractivity contribution is -0.130. The van der Waals surface area contributed by atoms with Gasteiger partial charge in [0, 0.05) is 12.6 Å². The fraction of sp³-hybridized carbons (Fsp3) is 0.889. The van der Waals surface area contributed by atoms with Crippen LogP contribution in [0.15, 0.2) is 0 Å². The Morgan fingerprint density at radius 3 is 2.69 bits per heavy atom. The van der Waals surface area contributed by atoms with Crippen molar-refractivity contribution in [3.8, 4) is 0 Å². The van der Waals surface area contributed by atoms with E-state index in [4.69, 9.17) is 0 Å². The van der Waals surface area contributed by atoms with Gasteiger partial charge < -0.3 is 9.80 Å². The van der Waals surface area contributed by atoms with E-state index in [9.17, 15) is 4.79 Å². The molecule has 4 nitrogen and oxygen atoms in total. The maximum absolute atomic E-state index is 11.6. The molecule has 0 radical (unpaired) electrons. The first-order valence-corrected chi connectivity index (χ1v) is 4.71. The van der Waals surface area contributed by atoms with Gasteiger partial charge in [-0.3, -0.25) is 10.1 Å². The average Bonchev–Trinajstić information content (AvgIpc) is 2.31. The van der Waals surface area contributed by atoms with E-state index in [1.54, 1.807) is 0 Å². The molecule has 2 unspecified atom stereocenters. The van der Waals surface area contributed by atoms with Gasteiger partial charge in [0.25, 0.3) is 0 Å². The Morgan fingerprint density at radius 2 is 2.31 bits per heavy atom. The largest absolute Gasteiger partial charge is 0.325 e. The number of rotatable bonds is 3. The molecule has 1 heterocycles. The standard InChI is InChI=1S/C9H19N3O/c1-7(5-11(3)4)12-6-10-8(2)9(12)13/h7-8,10H,5-6H2,1-4H3. The molecule has 0 spiro atoms. The quantitative estimate of drug-likeness (QED) is 0.656. The Bertz CT molecular complexity index is 193. The molecular weight excluding hydrogens is 166 g/mol. The van der Waals surface area contributed by atoms with Crippen LogP contribution in [0.4, 0.5) is 0 Å². The summed E-state index contributed by atoms with van der Waals surface area (Å²) < 4.78 is 0. The molecule has 4 heteroatoms. The molecule has 0 aromatic heterocycles. The average molecular weight is 185 g/mol. The van der Waals surface area contributed by atoms with Crippen LogP contribution < -0.4 is 5.32 Å². The summed E-state index contributed by atoms with van der Waals surface area (Å²) in [6, 6.07) is 0.282. The van der Waals surface area contributed by atoms with Gasteiger partial charge in [0.2, 0.25) is 5.91 Å². The monoisotopic (exact) mass is 185 g/mol. The first kappa shape index (κ1) is 10.5. The van der Waals surface area contributed by atoms with Gasteiger partial charge in [0.15, 0.2) is 0 Å². The minimum absolute atomic E-state index is 0.00962. The molecule has 1 aliphatic heterocycles. The molecule has 76 valence electrons. The van der Waals surface area contributed by atoms with Crippen molar-refractivity contribution in [3.63, 3.8) is 0 Å². The van der Waals surface area contributed by atoms with Crippen molar-refractivity contribution in [2.24, 2.45) is 0 Å². The van der Waals surface area contributed by atoms with Crippen molar-refractivity contribution in [2.75, 3.05) is 27.3 Å². The SMILES string of the molecule is CC1NCN(C(C)CN(C)C)C1=O. The predicted octanol–water partition coefficient (Wildman–Crippen LogP) is -0.286. The summed E-state index contributed by atoms with van der Waals surface area (Å²) in [6.45, 7) is 5.59. The van der Waals surface area contributed by atoms with E-state index in [0.717, 1.165) is 6.54 Å². The molecule has 1 rings (SSSR count). The van der Waals surface area contributed by atoms with Crippen LogP contribution in [-0.4, -0.2) is 55.1 Å². The third-order valence-electron chi connectivity index (χ3n) is 2.38. The highest BCUT2D eigenvalue weighted by atomic mass is 16.2. The summed E-state index contributed by atoms with van der Waals surface area (Å²) in [5.74, 6) is 0.217. The van der Waals surface area contributed by atoms with Crippen molar-refractivity contribution in [1.82, 2.24) is 15.1 Å². The van der Waals surface area contributed by atoms with E-state index < -0.39 is 0 Å². The van der Waals surface area contributed by atoms with Crippen LogP contribution >= 0.6 is 0 Å². The number of carbonyl (C=O) groups excluding carboxylic acids is 1. The molecule has 1 N–H and O–H groups in total. The van der Waals surface area contributed by atoms with E-state index in [-0.39, 0.29) is 11.9 Å². The fourth-order valence-electron chi connectivity index (χ4n) is 1.65. The van der Waals surface area contributed by atoms with Crippen molar-refractivity contribution in [2.45, 2.75) is 25.9 Å². The molecule has 1 aliphatic rings. The summed E-state index contributed by atoms with van der Waals surface area (Å²) in [5, 5.41) is 3.13. The zero-order valence-electron chi connectivity index (χ0n) is 8.87. The maximum Gasteiger partial charge on any atom is 0.240 e. The summed E-state index contributed by atoms with van der Waals surface area (Å²) in [7, 11) is 4.04. The number of hydrogen-bond donors (Lipinski definition) is 1. The highest BCUT2D eigenvalue weighted by Gasteiger charge is 2.30. The van der Waals surface area contributed by atoms with Crippen LogP contribution in [0.5, 0.6) is 0 Å². The topological polar surface area (TPSA) is 35.6 Å². The fourth-order valence-corrected chi connectivity index (χ4v) is 1.65. The molecule has 13 heavy (non-hydrogen) atoms. The highest BCUT2D eigenvalue weighted by Crippen LogP contribution is 2.08. The molecule has 0 bridgehead atoms. The van der Waals surface area contributed by atoms with Gasteiger partial charge in [-0.25, -0.2) is 0 Å². The third kappa shape index (κ3) is 2.42. The molecule has 1 saturated heterocycles. The lowest BCUT2D eigenvalue weighted by Crippen LogP contribution is -2.42. The zero-order valence-corrected chi connectivity index (χ0v) is 8.87. The number of amides is 1. The number of nitrogens with zero attached hydrogens (tertiary/aromatic N) is 2. The van der Waals surface area contributed by atoms with E-state index in [2.05, 4.69) is 17.1 Å². The molecule has 0 aromatic carbocycles. The number of hydrogen-bond acceptors (Lipinski definition) is 3. The summed E-state index contributed by atoms with van der Waals surface area (Å²) in [5.41, 5.74) is 0. The summed E-state index contributed by atoms with van der Waals surface area (Å²) >= 11 is 0. The van der Waals surface area contributed by atoms with E-state index in [1.807, 2.05) is 25.9 Å². The van der Waals surface area contributed by atoms with Crippen LogP contribution in [-0.2, 0) is 4.79 Å². The molecule has 2 atom stereocenters. The summed E-state index contributed by atoms with van der Waals surface area (Å²) in [6.07, 6.45) is 0. The Balaban J connectivity index is 2.48. The van der Waals surface area contributed by atoms with Crippen LogP contribution in [0, 0.1) is 0 Å². The van der Waals surface area contributed by atoms with Gasteiger partial charge >= 0.3 is 0 Å². The van der Waals surface area contributed by atoms with Gasteiger partial charge in [-0.2, -0.15) is 0 Å². The van der Waals surface area contributed by atoms with Crippen LogP contribution in [0.3, 0.4) is 0 Å². The van der Waals surface area contributed by atoms with Crippen LogP contribution in [0.25, 0.3) is 0 Å². The molecule has 1 amide bonds. The van der Waals surface area contributed by atoms with Gasteiger partial charge in [-0.05, 0) is 27.9 Å². The molecule has 1 fully saturated rings. The number of carbonyl (C=O) groups is 1. The molecule has 0 saturated carbocycles. The van der Waals surface area contributed by atoms with E-state index in [1.165, 1.54) is 0 Å². The van der Waals surface area contributed by atoms with E-state index >= 15 is 0 Å². The van der Waals surface area contributed by atoms with Gasteiger partial charge in [-0.1, -0.05) is 0 Å². The third-order valence-corrected chi connectivity index (χ3v) is 2.38. The minimum atomic E-state index is -0.00962. The number of nitrogens with one attached hydrogen (secondary N) is 1. The lowest BCUT2D eigenvalue weighted by atomic mass is 10.2. The molecule has 0 aromatic rings. The maximum atomic E-state index is 11.6. The molecule has 0 aliphatic carbocycles. The predicted molar refractivity (Wildman–Crippen MR) is 52.3 cm³/mol. The second kappa shape index (κ2) is 4.07. The van der Waals surface area contributed by atoms with Gasteiger partial charge in [-0.15, -0.1) is 0 Å². The first-order chi connectivity index (χ1) is 6.02. The second-order valence-corrected chi connectivity index (χ2v) is 4.00. The summed E-state index contributed by atoms with van der Waals surface area (Å²) in [4.78, 5) is 15.6. The normalized spacial score (nSPS) is 25.8. The van der Waals surface area contributed by atoms with Crippen molar-refractivity contribution in [3.05, 3.63) is 0 Å². The smallest absolute Gasteiger partial charge is 0.240 e. The Morgan fingerprint density at radius 1 is 1.69 bits per heavy atom. The Hall–Kier alpha value is -0.610. The van der Waals surface area contributed by atoms with Crippen molar-refractivity contribution >= 4 is 5.91 Å². The highest BCUT2D eigenvalue weighted by molar-refractivity contribution is 5.83. The molecular formula is C9H19N3O. The van der Waals surface area contributed by atoms with Crippen LogP contribution in [0.2, 0.25) is 0 Å². The lowest BCUT2D eigenvalue weighted by Gasteiger charge is -2.26. The number of likely N-dealkylation sites (N-methyl/N-ethyl adjacent to an activating group) is 1. The van der Waals surface area contributed by atoms with Gasteiger partial charge in [0.1, 0.15) is 0 Å². The van der Waals surface area contributed by atoms with E-state index in [0.29, 0.717) is 12.7 Å².